The fraction of sp³-hybridized carbons (Fsp3) is 0.357. The second kappa shape index (κ2) is 5.81. The smallest absolute Gasteiger partial charge is 0.330 e. The molecule has 1 aromatic heterocycles. The topological polar surface area (TPSA) is 43.8 Å². The van der Waals surface area contributed by atoms with Crippen molar-refractivity contribution in [1.29, 1.82) is 0 Å². The van der Waals surface area contributed by atoms with Gasteiger partial charge >= 0.3 is 6.18 Å². The number of alkyl halides is 3. The summed E-state index contributed by atoms with van der Waals surface area (Å²) in [5, 5.41) is 4.26. The molecular weight excluding hydrogens is 347 g/mol. The Morgan fingerprint density at radius 2 is 1.95 bits per heavy atom. The second-order valence-corrected chi connectivity index (χ2v) is 5.57. The van der Waals surface area contributed by atoms with Gasteiger partial charge < -0.3 is 5.73 Å². The van der Waals surface area contributed by atoms with Crippen LogP contribution in [0.25, 0.3) is 5.69 Å². The first-order chi connectivity index (χ1) is 9.75. The fourth-order valence-electron chi connectivity index (χ4n) is 2.21. The summed E-state index contributed by atoms with van der Waals surface area (Å²) in [6.45, 7) is 3.76. The Kier molecular flexibility index (Phi) is 4.43. The van der Waals surface area contributed by atoms with Crippen molar-refractivity contribution in [3.63, 3.8) is 0 Å². The zero-order valence-corrected chi connectivity index (χ0v) is 13.2. The van der Waals surface area contributed by atoms with E-state index in [2.05, 4.69) is 21.0 Å². The summed E-state index contributed by atoms with van der Waals surface area (Å²) in [4.78, 5) is 0. The molecule has 0 aliphatic heterocycles. The van der Waals surface area contributed by atoms with E-state index < -0.39 is 11.7 Å². The lowest BCUT2D eigenvalue weighted by molar-refractivity contribution is -0.138. The first-order valence-electron chi connectivity index (χ1n) is 6.38. The summed E-state index contributed by atoms with van der Waals surface area (Å²) in [7, 11) is 0. The van der Waals surface area contributed by atoms with Crippen LogP contribution in [-0.2, 0) is 12.6 Å². The minimum absolute atomic E-state index is 0.174. The monoisotopic (exact) mass is 361 g/mol. The SMILES string of the molecule is Cc1nn(-c2ccc(CCN)c(C(F)(F)F)c2)c(C)c1Br. The zero-order chi connectivity index (χ0) is 15.8. The van der Waals surface area contributed by atoms with Gasteiger partial charge in [0.1, 0.15) is 0 Å². The molecular formula is C14H15BrF3N3. The van der Waals surface area contributed by atoms with Gasteiger partial charge in [0.05, 0.1) is 27.1 Å². The lowest BCUT2D eigenvalue weighted by Crippen LogP contribution is -2.14. The van der Waals surface area contributed by atoms with Gasteiger partial charge in [0.2, 0.25) is 0 Å². The largest absolute Gasteiger partial charge is 0.416 e. The van der Waals surface area contributed by atoms with E-state index in [0.29, 0.717) is 5.69 Å². The highest BCUT2D eigenvalue weighted by atomic mass is 79.9. The summed E-state index contributed by atoms with van der Waals surface area (Å²) < 4.78 is 41.8. The normalized spacial score (nSPS) is 12.0. The number of benzene rings is 1. The van der Waals surface area contributed by atoms with Crippen molar-refractivity contribution >= 4 is 15.9 Å². The van der Waals surface area contributed by atoms with E-state index >= 15 is 0 Å². The number of nitrogens with two attached hydrogens (primary N) is 1. The van der Waals surface area contributed by atoms with Crippen molar-refractivity contribution in [1.82, 2.24) is 9.78 Å². The van der Waals surface area contributed by atoms with Crippen LogP contribution in [0, 0.1) is 13.8 Å². The molecule has 2 rings (SSSR count). The Morgan fingerprint density at radius 3 is 2.43 bits per heavy atom. The number of halogens is 4. The van der Waals surface area contributed by atoms with Crippen molar-refractivity contribution in [3.05, 3.63) is 45.2 Å². The van der Waals surface area contributed by atoms with Gasteiger partial charge in [-0.05, 0) is 60.4 Å². The van der Waals surface area contributed by atoms with Crippen LogP contribution in [-0.4, -0.2) is 16.3 Å². The van der Waals surface area contributed by atoms with Crippen LogP contribution in [0.5, 0.6) is 0 Å². The van der Waals surface area contributed by atoms with Gasteiger partial charge in [0.25, 0.3) is 0 Å². The van der Waals surface area contributed by atoms with E-state index in [1.807, 2.05) is 0 Å². The molecule has 0 aliphatic rings. The van der Waals surface area contributed by atoms with Crippen molar-refractivity contribution in [2.75, 3.05) is 6.54 Å². The second-order valence-electron chi connectivity index (χ2n) is 4.77. The first-order valence-corrected chi connectivity index (χ1v) is 7.17. The highest BCUT2D eigenvalue weighted by molar-refractivity contribution is 9.10. The van der Waals surface area contributed by atoms with Gasteiger partial charge in [-0.1, -0.05) is 6.07 Å². The number of nitrogens with zero attached hydrogens (tertiary/aromatic N) is 2. The molecule has 1 aromatic carbocycles. The molecule has 0 amide bonds. The first kappa shape index (κ1) is 16.0. The third-order valence-electron chi connectivity index (χ3n) is 3.26. The number of rotatable bonds is 3. The highest BCUT2D eigenvalue weighted by Crippen LogP contribution is 2.34. The Bertz CT molecular complexity index is 662. The molecule has 114 valence electrons. The summed E-state index contributed by atoms with van der Waals surface area (Å²) in [6, 6.07) is 4.22. The van der Waals surface area contributed by atoms with Crippen LogP contribution in [0.3, 0.4) is 0 Å². The number of hydrogen-bond acceptors (Lipinski definition) is 2. The maximum atomic E-state index is 13.2. The maximum Gasteiger partial charge on any atom is 0.416 e. The van der Waals surface area contributed by atoms with Crippen molar-refractivity contribution in [2.45, 2.75) is 26.4 Å². The standard InChI is InChI=1S/C14H15BrF3N3/c1-8-13(15)9(2)21(20-8)11-4-3-10(5-6-19)12(7-11)14(16,17)18/h3-4,7H,5-6,19H2,1-2H3. The van der Waals surface area contributed by atoms with Crippen LogP contribution in [0.4, 0.5) is 13.2 Å². The number of aryl methyl sites for hydroxylation is 1. The minimum Gasteiger partial charge on any atom is -0.330 e. The van der Waals surface area contributed by atoms with Crippen molar-refractivity contribution in [2.24, 2.45) is 5.73 Å². The maximum absolute atomic E-state index is 13.2. The van der Waals surface area contributed by atoms with Gasteiger partial charge in [-0.25, -0.2) is 4.68 Å². The van der Waals surface area contributed by atoms with E-state index in [1.54, 1.807) is 19.9 Å². The summed E-state index contributed by atoms with van der Waals surface area (Å²) in [5.74, 6) is 0. The van der Waals surface area contributed by atoms with E-state index in [9.17, 15) is 13.2 Å². The quantitative estimate of drug-likeness (QED) is 0.904. The molecule has 1 heterocycles. The molecule has 0 atom stereocenters. The van der Waals surface area contributed by atoms with E-state index in [0.717, 1.165) is 21.9 Å². The van der Waals surface area contributed by atoms with Crippen LogP contribution in [0.2, 0.25) is 0 Å². The van der Waals surface area contributed by atoms with E-state index in [1.165, 1.54) is 10.7 Å². The summed E-state index contributed by atoms with van der Waals surface area (Å²) in [5.41, 5.74) is 6.79. The van der Waals surface area contributed by atoms with Crippen LogP contribution in [0.1, 0.15) is 22.5 Å². The van der Waals surface area contributed by atoms with Crippen LogP contribution < -0.4 is 5.73 Å². The van der Waals surface area contributed by atoms with E-state index in [-0.39, 0.29) is 18.5 Å². The Morgan fingerprint density at radius 1 is 1.29 bits per heavy atom. The number of aromatic nitrogens is 2. The Balaban J connectivity index is 2.59. The molecule has 0 aliphatic carbocycles. The third-order valence-corrected chi connectivity index (χ3v) is 4.41. The molecule has 0 spiro atoms. The van der Waals surface area contributed by atoms with Crippen LogP contribution in [0.15, 0.2) is 22.7 Å². The molecule has 0 fully saturated rings. The summed E-state index contributed by atoms with van der Waals surface area (Å²) in [6.07, 6.45) is -4.22. The predicted molar refractivity (Wildman–Crippen MR) is 78.5 cm³/mol. The average molecular weight is 362 g/mol. The molecule has 0 bridgehead atoms. The molecule has 21 heavy (non-hydrogen) atoms. The lowest BCUT2D eigenvalue weighted by Gasteiger charge is -2.15. The molecule has 0 radical (unpaired) electrons. The predicted octanol–water partition coefficient (Wildman–Crippen LogP) is 3.77. The average Bonchev–Trinajstić information content (AvgIpc) is 2.66. The van der Waals surface area contributed by atoms with Gasteiger partial charge in [0.15, 0.2) is 0 Å². The lowest BCUT2D eigenvalue weighted by atomic mass is 10.0. The van der Waals surface area contributed by atoms with E-state index in [4.69, 9.17) is 5.73 Å². The molecule has 2 aromatic rings. The van der Waals surface area contributed by atoms with Gasteiger partial charge in [-0.2, -0.15) is 18.3 Å². The molecule has 2 N–H and O–H groups in total. The van der Waals surface area contributed by atoms with Crippen LogP contribution >= 0.6 is 15.9 Å². The Labute approximate surface area is 129 Å². The molecule has 0 saturated carbocycles. The Hall–Kier alpha value is -1.34. The summed E-state index contributed by atoms with van der Waals surface area (Å²) >= 11 is 3.37. The molecule has 0 saturated heterocycles. The molecule has 0 unspecified atom stereocenters. The van der Waals surface area contributed by atoms with Crippen molar-refractivity contribution < 1.29 is 13.2 Å². The molecule has 3 nitrogen and oxygen atoms in total. The third kappa shape index (κ3) is 3.13. The van der Waals surface area contributed by atoms with Crippen molar-refractivity contribution in [3.8, 4) is 5.69 Å². The zero-order valence-electron chi connectivity index (χ0n) is 11.6. The van der Waals surface area contributed by atoms with Gasteiger partial charge in [-0.3, -0.25) is 0 Å². The van der Waals surface area contributed by atoms with Gasteiger partial charge in [-0.15, -0.1) is 0 Å². The number of hydrogen-bond donors (Lipinski definition) is 1. The molecule has 7 heteroatoms. The van der Waals surface area contributed by atoms with Gasteiger partial charge in [0, 0.05) is 0 Å². The minimum atomic E-state index is -4.41. The fourth-order valence-corrected chi connectivity index (χ4v) is 2.46. The highest BCUT2D eigenvalue weighted by Gasteiger charge is 2.33.